The molecule has 24 heavy (non-hydrogen) atoms. The first-order valence-corrected chi connectivity index (χ1v) is 8.92. The van der Waals surface area contributed by atoms with Crippen LogP contribution < -0.4 is 0 Å². The molecule has 2 heterocycles. The van der Waals surface area contributed by atoms with Crippen LogP contribution in [0.5, 0.6) is 0 Å². The number of aliphatic imine (C=N–C) groups is 1. The van der Waals surface area contributed by atoms with E-state index in [1.807, 2.05) is 24.4 Å². The van der Waals surface area contributed by atoms with Crippen LogP contribution in [0.1, 0.15) is 17.3 Å². The third kappa shape index (κ3) is 2.72. The van der Waals surface area contributed by atoms with Crippen molar-refractivity contribution in [3.63, 3.8) is 0 Å². The van der Waals surface area contributed by atoms with Crippen molar-refractivity contribution in [2.75, 3.05) is 14.1 Å². The Morgan fingerprint density at radius 1 is 0.917 bits per heavy atom. The largest absolute Gasteiger partial charge is 0.295 e. The maximum Gasteiger partial charge on any atom is 0.119 e. The van der Waals surface area contributed by atoms with Gasteiger partial charge in [-0.15, -0.1) is 0 Å². The monoisotopic (exact) mass is 333 g/mol. The Kier molecular flexibility index (Phi) is 4.08. The number of rotatable bonds is 3. The van der Waals surface area contributed by atoms with E-state index >= 15 is 0 Å². The van der Waals surface area contributed by atoms with E-state index in [0.717, 1.165) is 10.7 Å². The van der Waals surface area contributed by atoms with Crippen LogP contribution in [0.15, 0.2) is 71.9 Å². The van der Waals surface area contributed by atoms with E-state index in [9.17, 15) is 0 Å². The molecule has 2 unspecified atom stereocenters. The molecule has 2 aromatic carbocycles. The molecule has 0 fully saturated rings. The lowest BCUT2D eigenvalue weighted by atomic mass is 9.98. The molecule has 0 amide bonds. The van der Waals surface area contributed by atoms with Crippen molar-refractivity contribution in [3.8, 4) is 0 Å². The normalized spacial score (nSPS) is 20.5. The lowest BCUT2D eigenvalue weighted by Gasteiger charge is -2.25. The Balaban J connectivity index is 1.83. The number of aromatic nitrogens is 1. The summed E-state index contributed by atoms with van der Waals surface area (Å²) in [7, 11) is 4.24. The molecule has 120 valence electrons. The average molecular weight is 333 g/mol. The molecule has 4 rings (SSSR count). The zero-order chi connectivity index (χ0) is 16.5. The first-order chi connectivity index (χ1) is 11.7. The van der Waals surface area contributed by atoms with Crippen LogP contribution in [0.2, 0.25) is 0 Å². The van der Waals surface area contributed by atoms with Gasteiger partial charge in [0.1, 0.15) is 11.1 Å². The van der Waals surface area contributed by atoms with Crippen molar-refractivity contribution in [2.24, 2.45) is 4.99 Å². The van der Waals surface area contributed by atoms with Crippen LogP contribution in [0.4, 0.5) is 0 Å². The fourth-order valence-corrected chi connectivity index (χ4v) is 4.33. The topological polar surface area (TPSA) is 28.5 Å². The number of fused-ring (bicyclic) bond motifs is 1. The summed E-state index contributed by atoms with van der Waals surface area (Å²) in [5.41, 5.74) is 2.24. The third-order valence-corrected chi connectivity index (χ3v) is 5.75. The minimum atomic E-state index is 0.105. The van der Waals surface area contributed by atoms with Crippen LogP contribution in [0.3, 0.4) is 0 Å². The van der Waals surface area contributed by atoms with Crippen molar-refractivity contribution in [3.05, 3.63) is 78.1 Å². The summed E-state index contributed by atoms with van der Waals surface area (Å²) in [5.74, 6) is 0. The molecule has 3 nitrogen and oxygen atoms in total. The number of pyridine rings is 1. The standard InChI is InChI=1S/C20H19N3S/c1-23(2)20-18(22-19(24-20)17-12-5-6-13-21-17)16-11-7-9-14-8-3-4-10-15(14)16/h3-13,18,20H,1-2H3. The highest BCUT2D eigenvalue weighted by atomic mass is 32.2. The molecule has 0 saturated heterocycles. The smallest absolute Gasteiger partial charge is 0.119 e. The minimum absolute atomic E-state index is 0.105. The average Bonchev–Trinajstić information content (AvgIpc) is 3.07. The Morgan fingerprint density at radius 2 is 1.71 bits per heavy atom. The molecule has 0 N–H and O–H groups in total. The van der Waals surface area contributed by atoms with Gasteiger partial charge in [0.2, 0.25) is 0 Å². The molecule has 0 aliphatic carbocycles. The van der Waals surface area contributed by atoms with Crippen LogP contribution in [0.25, 0.3) is 10.8 Å². The van der Waals surface area contributed by atoms with Gasteiger partial charge in [-0.25, -0.2) is 0 Å². The third-order valence-electron chi connectivity index (χ3n) is 4.29. The summed E-state index contributed by atoms with van der Waals surface area (Å²) >= 11 is 1.80. The molecule has 0 saturated carbocycles. The zero-order valence-electron chi connectivity index (χ0n) is 13.8. The predicted octanol–water partition coefficient (Wildman–Crippen LogP) is 4.36. The van der Waals surface area contributed by atoms with Gasteiger partial charge < -0.3 is 0 Å². The Hall–Kier alpha value is -2.17. The van der Waals surface area contributed by atoms with E-state index in [1.54, 1.807) is 11.8 Å². The van der Waals surface area contributed by atoms with Gasteiger partial charge in [-0.05, 0) is 42.6 Å². The van der Waals surface area contributed by atoms with Gasteiger partial charge in [0.25, 0.3) is 0 Å². The van der Waals surface area contributed by atoms with Gasteiger partial charge in [0.05, 0.1) is 11.1 Å². The van der Waals surface area contributed by atoms with Gasteiger partial charge in [-0.3, -0.25) is 14.9 Å². The second kappa shape index (κ2) is 6.38. The van der Waals surface area contributed by atoms with Crippen LogP contribution in [-0.4, -0.2) is 34.4 Å². The van der Waals surface area contributed by atoms with Gasteiger partial charge in [0, 0.05) is 6.20 Å². The summed E-state index contributed by atoms with van der Waals surface area (Å²) in [6.45, 7) is 0. The highest BCUT2D eigenvalue weighted by Gasteiger charge is 2.34. The number of hydrogen-bond acceptors (Lipinski definition) is 4. The van der Waals surface area contributed by atoms with E-state index < -0.39 is 0 Å². The molecular weight excluding hydrogens is 314 g/mol. The van der Waals surface area contributed by atoms with E-state index in [4.69, 9.17) is 4.99 Å². The Morgan fingerprint density at radius 3 is 2.50 bits per heavy atom. The Labute approximate surface area is 146 Å². The zero-order valence-corrected chi connectivity index (χ0v) is 14.6. The van der Waals surface area contributed by atoms with Crippen molar-refractivity contribution in [2.45, 2.75) is 11.4 Å². The highest BCUT2D eigenvalue weighted by molar-refractivity contribution is 8.15. The van der Waals surface area contributed by atoms with Crippen LogP contribution in [-0.2, 0) is 0 Å². The van der Waals surface area contributed by atoms with Gasteiger partial charge in [-0.1, -0.05) is 60.3 Å². The lowest BCUT2D eigenvalue weighted by molar-refractivity contribution is 0.350. The van der Waals surface area contributed by atoms with Crippen molar-refractivity contribution in [1.82, 2.24) is 9.88 Å². The maximum absolute atomic E-state index is 5.06. The van der Waals surface area contributed by atoms with Crippen LogP contribution >= 0.6 is 11.8 Å². The van der Waals surface area contributed by atoms with Gasteiger partial charge in [-0.2, -0.15) is 0 Å². The number of thioether (sulfide) groups is 1. The number of nitrogens with zero attached hydrogens (tertiary/aromatic N) is 3. The number of hydrogen-bond donors (Lipinski definition) is 0. The summed E-state index contributed by atoms with van der Waals surface area (Å²) in [6, 6.07) is 21.1. The van der Waals surface area contributed by atoms with Crippen molar-refractivity contribution < 1.29 is 0 Å². The number of likely N-dealkylation sites (N-methyl/N-ethyl adjacent to an activating group) is 1. The molecule has 4 heteroatoms. The molecule has 3 aromatic rings. The second-order valence-corrected chi connectivity index (χ2v) is 7.24. The fourth-order valence-electron chi connectivity index (χ4n) is 3.13. The quantitative estimate of drug-likeness (QED) is 0.713. The first kappa shape index (κ1) is 15.4. The second-order valence-electron chi connectivity index (χ2n) is 6.13. The summed E-state index contributed by atoms with van der Waals surface area (Å²) in [6.07, 6.45) is 1.83. The minimum Gasteiger partial charge on any atom is -0.295 e. The van der Waals surface area contributed by atoms with E-state index in [1.165, 1.54) is 16.3 Å². The van der Waals surface area contributed by atoms with E-state index in [0.29, 0.717) is 0 Å². The summed E-state index contributed by atoms with van der Waals surface area (Å²) < 4.78 is 0. The fraction of sp³-hybridized carbons (Fsp3) is 0.200. The van der Waals surface area contributed by atoms with E-state index in [-0.39, 0.29) is 11.4 Å². The molecule has 1 aliphatic rings. The maximum atomic E-state index is 5.06. The molecule has 1 aromatic heterocycles. The molecule has 2 atom stereocenters. The van der Waals surface area contributed by atoms with Gasteiger partial charge >= 0.3 is 0 Å². The molecular formula is C20H19N3S. The molecule has 1 aliphatic heterocycles. The first-order valence-electron chi connectivity index (χ1n) is 8.04. The molecule has 0 spiro atoms. The van der Waals surface area contributed by atoms with Gasteiger partial charge in [0.15, 0.2) is 0 Å². The Bertz CT molecular complexity index is 884. The van der Waals surface area contributed by atoms with Crippen LogP contribution in [0, 0.1) is 0 Å². The van der Waals surface area contributed by atoms with Crippen molar-refractivity contribution >= 4 is 27.6 Å². The summed E-state index contributed by atoms with van der Waals surface area (Å²) in [5, 5.41) is 3.84. The number of benzene rings is 2. The highest BCUT2D eigenvalue weighted by Crippen LogP contribution is 2.42. The predicted molar refractivity (Wildman–Crippen MR) is 103 cm³/mol. The lowest BCUT2D eigenvalue weighted by Crippen LogP contribution is -2.28. The van der Waals surface area contributed by atoms with Crippen molar-refractivity contribution in [1.29, 1.82) is 0 Å². The SMILES string of the molecule is CN(C)C1SC(c2ccccn2)=NC1c1cccc2ccccc12. The molecule has 0 radical (unpaired) electrons. The molecule has 0 bridgehead atoms. The van der Waals surface area contributed by atoms with E-state index in [2.05, 4.69) is 66.4 Å². The summed E-state index contributed by atoms with van der Waals surface area (Å²) in [4.78, 5) is 11.8.